The molecule has 1 unspecified atom stereocenters. The highest BCUT2D eigenvalue weighted by Gasteiger charge is 2.31. The summed E-state index contributed by atoms with van der Waals surface area (Å²) in [6.45, 7) is 2.55. The molecule has 1 aromatic rings. The zero-order valence-corrected chi connectivity index (χ0v) is 15.8. The lowest BCUT2D eigenvalue weighted by atomic mass is 9.93. The van der Waals surface area contributed by atoms with E-state index in [0.717, 1.165) is 0 Å². The molecule has 0 radical (unpaired) electrons. The lowest BCUT2D eigenvalue weighted by Crippen LogP contribution is -2.40. The van der Waals surface area contributed by atoms with Gasteiger partial charge in [0.1, 0.15) is 0 Å². The van der Waals surface area contributed by atoms with E-state index < -0.39 is 12.1 Å². The molecule has 6 nitrogen and oxygen atoms in total. The molecule has 1 fully saturated rings. The smallest absolute Gasteiger partial charge is 0.337 e. The molecule has 0 amide bonds. The number of carboxylic acids is 1. The Hall–Kier alpha value is -1.66. The summed E-state index contributed by atoms with van der Waals surface area (Å²) in [6, 6.07) is 0.509. The third-order valence-electron chi connectivity index (χ3n) is 6.02. The quantitative estimate of drug-likeness (QED) is 0.813. The number of fused-ring (bicyclic) bond motifs is 1. The van der Waals surface area contributed by atoms with E-state index in [1.807, 2.05) is 7.05 Å². The number of Topliss-reactive ketones (excluding diaryl/α,β-unsaturated/α-hetero) is 1. The molecule has 0 saturated heterocycles. The Morgan fingerprint density at radius 1 is 1.23 bits per heavy atom. The van der Waals surface area contributed by atoms with E-state index in [9.17, 15) is 19.8 Å². The van der Waals surface area contributed by atoms with E-state index in [1.54, 1.807) is 11.5 Å². The molecule has 0 aliphatic heterocycles. The van der Waals surface area contributed by atoms with Crippen LogP contribution < -0.4 is 0 Å². The Kier molecular flexibility index (Phi) is 5.82. The van der Waals surface area contributed by atoms with Crippen molar-refractivity contribution in [3.8, 4) is 0 Å². The number of rotatable bonds is 6. The minimum atomic E-state index is -0.985. The number of likely N-dealkylation sites (N-methyl/N-ethyl adjacent to an activating group) is 1. The second-order valence-corrected chi connectivity index (χ2v) is 7.87. The first kappa shape index (κ1) is 19.1. The first-order valence-electron chi connectivity index (χ1n) is 9.77. The molecular weight excluding hydrogens is 332 g/mol. The number of carbonyl (C=O) groups is 2. The number of hydrogen-bond acceptors (Lipinski definition) is 4. The van der Waals surface area contributed by atoms with Crippen LogP contribution in [0.15, 0.2) is 0 Å². The molecule has 2 aliphatic carbocycles. The molecule has 1 saturated carbocycles. The highest BCUT2D eigenvalue weighted by atomic mass is 16.4. The maximum Gasteiger partial charge on any atom is 0.337 e. The number of carbonyl (C=O) groups excluding carboxylic acids is 1. The minimum Gasteiger partial charge on any atom is -0.478 e. The highest BCUT2D eigenvalue weighted by molar-refractivity contribution is 6.02. The van der Waals surface area contributed by atoms with E-state index >= 15 is 0 Å². The molecule has 2 aliphatic rings. The van der Waals surface area contributed by atoms with E-state index in [1.165, 1.54) is 32.1 Å². The first-order chi connectivity index (χ1) is 12.4. The van der Waals surface area contributed by atoms with Crippen LogP contribution in [-0.2, 0) is 13.0 Å². The standard InChI is InChI=1S/C20H30N2O4/c1-13-18(20(25)26)16-9-6-10-17(24)19(16)22(13)12-15(23)11-21(2)14-7-4-3-5-8-14/h14-15,23H,3-12H2,1-2H3,(H,25,26). The highest BCUT2D eigenvalue weighted by Crippen LogP contribution is 2.30. The Balaban J connectivity index is 1.78. The zero-order chi connectivity index (χ0) is 18.8. The normalized spacial score (nSPS) is 19.6. The summed E-state index contributed by atoms with van der Waals surface area (Å²) in [5.41, 5.74) is 1.99. The maximum atomic E-state index is 12.4. The molecular formula is C20H30N2O4. The number of carboxylic acid groups (broad SMARTS) is 1. The van der Waals surface area contributed by atoms with E-state index in [4.69, 9.17) is 0 Å². The van der Waals surface area contributed by atoms with Crippen molar-refractivity contribution >= 4 is 11.8 Å². The lowest BCUT2D eigenvalue weighted by molar-refractivity contribution is 0.0691. The summed E-state index contributed by atoms with van der Waals surface area (Å²) < 4.78 is 1.75. The summed E-state index contributed by atoms with van der Waals surface area (Å²) in [5, 5.41) is 20.2. The molecule has 1 heterocycles. The third-order valence-corrected chi connectivity index (χ3v) is 6.02. The van der Waals surface area contributed by atoms with Crippen LogP contribution in [0.3, 0.4) is 0 Å². The number of aromatic carboxylic acids is 1. The third kappa shape index (κ3) is 3.71. The van der Waals surface area contributed by atoms with Crippen molar-refractivity contribution in [2.24, 2.45) is 0 Å². The lowest BCUT2D eigenvalue weighted by Gasteiger charge is -2.32. The summed E-state index contributed by atoms with van der Waals surface area (Å²) in [4.78, 5) is 26.3. The van der Waals surface area contributed by atoms with Gasteiger partial charge in [0.15, 0.2) is 5.78 Å². The van der Waals surface area contributed by atoms with Crippen LogP contribution in [0, 0.1) is 6.92 Å². The Morgan fingerprint density at radius 2 is 1.92 bits per heavy atom. The van der Waals surface area contributed by atoms with Crippen molar-refractivity contribution in [1.82, 2.24) is 9.47 Å². The van der Waals surface area contributed by atoms with Crippen molar-refractivity contribution in [3.05, 3.63) is 22.5 Å². The van der Waals surface area contributed by atoms with Gasteiger partial charge in [-0.3, -0.25) is 4.79 Å². The molecule has 144 valence electrons. The maximum absolute atomic E-state index is 12.4. The number of nitrogens with zero attached hydrogens (tertiary/aromatic N) is 2. The molecule has 1 atom stereocenters. The summed E-state index contributed by atoms with van der Waals surface area (Å²) in [6.07, 6.45) is 7.25. The van der Waals surface area contributed by atoms with Crippen LogP contribution in [0.5, 0.6) is 0 Å². The molecule has 3 rings (SSSR count). The van der Waals surface area contributed by atoms with E-state index in [2.05, 4.69) is 4.90 Å². The van der Waals surface area contributed by atoms with Gasteiger partial charge in [0.2, 0.25) is 0 Å². The number of aliphatic hydroxyl groups is 1. The molecule has 0 aromatic carbocycles. The number of aliphatic hydroxyl groups excluding tert-OH is 1. The second-order valence-electron chi connectivity index (χ2n) is 7.87. The van der Waals surface area contributed by atoms with Gasteiger partial charge in [0.05, 0.1) is 23.9 Å². The fourth-order valence-electron chi connectivity index (χ4n) is 4.69. The van der Waals surface area contributed by atoms with Gasteiger partial charge in [-0.25, -0.2) is 4.79 Å². The first-order valence-corrected chi connectivity index (χ1v) is 9.77. The van der Waals surface area contributed by atoms with Gasteiger partial charge in [-0.05, 0) is 45.2 Å². The average molecular weight is 362 g/mol. The minimum absolute atomic E-state index is 0.00492. The Morgan fingerprint density at radius 3 is 2.58 bits per heavy atom. The summed E-state index contributed by atoms with van der Waals surface area (Å²) in [7, 11) is 2.05. The van der Waals surface area contributed by atoms with Gasteiger partial charge >= 0.3 is 5.97 Å². The number of ketones is 1. The average Bonchev–Trinajstić information content (AvgIpc) is 2.88. The van der Waals surface area contributed by atoms with Crippen LogP contribution >= 0.6 is 0 Å². The molecule has 0 bridgehead atoms. The second kappa shape index (κ2) is 7.92. The molecule has 6 heteroatoms. The molecule has 2 N–H and O–H groups in total. The molecule has 0 spiro atoms. The van der Waals surface area contributed by atoms with Crippen LogP contribution in [0.2, 0.25) is 0 Å². The van der Waals surface area contributed by atoms with Crippen LogP contribution in [0.4, 0.5) is 0 Å². The molecule has 1 aromatic heterocycles. The number of hydrogen-bond donors (Lipinski definition) is 2. The van der Waals surface area contributed by atoms with E-state index in [-0.39, 0.29) is 17.9 Å². The van der Waals surface area contributed by atoms with Gasteiger partial charge in [-0.2, -0.15) is 0 Å². The fourth-order valence-corrected chi connectivity index (χ4v) is 4.69. The number of aromatic nitrogens is 1. The fraction of sp³-hybridized carbons (Fsp3) is 0.700. The topological polar surface area (TPSA) is 82.8 Å². The van der Waals surface area contributed by atoms with Crippen LogP contribution in [0.25, 0.3) is 0 Å². The zero-order valence-electron chi connectivity index (χ0n) is 15.8. The van der Waals surface area contributed by atoms with Crippen molar-refractivity contribution in [2.45, 2.75) is 77.0 Å². The predicted molar refractivity (Wildman–Crippen MR) is 98.9 cm³/mol. The molecule has 26 heavy (non-hydrogen) atoms. The van der Waals surface area contributed by atoms with Gasteiger partial charge in [0, 0.05) is 24.7 Å². The Labute approximate surface area is 154 Å². The summed E-state index contributed by atoms with van der Waals surface area (Å²) >= 11 is 0. The van der Waals surface area contributed by atoms with Crippen LogP contribution in [-0.4, -0.2) is 57.2 Å². The van der Waals surface area contributed by atoms with Crippen molar-refractivity contribution in [1.29, 1.82) is 0 Å². The van der Waals surface area contributed by atoms with Crippen molar-refractivity contribution in [3.63, 3.8) is 0 Å². The monoisotopic (exact) mass is 362 g/mol. The van der Waals surface area contributed by atoms with Crippen molar-refractivity contribution < 1.29 is 19.8 Å². The Bertz CT molecular complexity index is 688. The van der Waals surface area contributed by atoms with Gasteiger partial charge in [-0.15, -0.1) is 0 Å². The van der Waals surface area contributed by atoms with E-state index in [0.29, 0.717) is 48.8 Å². The van der Waals surface area contributed by atoms with Crippen LogP contribution in [0.1, 0.15) is 77.0 Å². The van der Waals surface area contributed by atoms with Gasteiger partial charge < -0.3 is 19.7 Å². The van der Waals surface area contributed by atoms with Gasteiger partial charge in [-0.1, -0.05) is 19.3 Å². The largest absolute Gasteiger partial charge is 0.478 e. The van der Waals surface area contributed by atoms with Gasteiger partial charge in [0.25, 0.3) is 0 Å². The SMILES string of the molecule is Cc1c(C(=O)O)c2c(n1CC(O)CN(C)C1CCCCC1)C(=O)CCC2. The predicted octanol–water partition coefficient (Wildman–Crippen LogP) is 2.64. The van der Waals surface area contributed by atoms with Crippen molar-refractivity contribution in [2.75, 3.05) is 13.6 Å². The summed E-state index contributed by atoms with van der Waals surface area (Å²) in [5.74, 6) is -0.990.